The van der Waals surface area contributed by atoms with Crippen molar-refractivity contribution in [2.75, 3.05) is 21.3 Å². The molecule has 0 aliphatic rings. The van der Waals surface area contributed by atoms with E-state index in [9.17, 15) is 8.42 Å². The Morgan fingerprint density at radius 3 is 2.12 bits per heavy atom. The van der Waals surface area contributed by atoms with E-state index in [1.54, 1.807) is 31.2 Å². The molecule has 2 aromatic rings. The molecule has 1 atom stereocenters. The predicted molar refractivity (Wildman–Crippen MR) is 96.3 cm³/mol. The van der Waals surface area contributed by atoms with Crippen molar-refractivity contribution >= 4 is 21.6 Å². The molecule has 0 aliphatic carbocycles. The fourth-order valence-electron chi connectivity index (χ4n) is 2.35. The lowest BCUT2D eigenvalue weighted by atomic mass is 10.1. The summed E-state index contributed by atoms with van der Waals surface area (Å²) in [5, 5.41) is 0.306. The maximum atomic E-state index is 12.7. The van der Waals surface area contributed by atoms with Crippen molar-refractivity contribution in [2.24, 2.45) is 0 Å². The molecule has 0 unspecified atom stereocenters. The van der Waals surface area contributed by atoms with Gasteiger partial charge in [0.15, 0.2) is 11.5 Å². The number of sulfonamides is 1. The van der Waals surface area contributed by atoms with Crippen molar-refractivity contribution < 1.29 is 22.6 Å². The van der Waals surface area contributed by atoms with Crippen molar-refractivity contribution in [2.45, 2.75) is 17.9 Å². The van der Waals surface area contributed by atoms with E-state index in [0.717, 1.165) is 5.56 Å². The van der Waals surface area contributed by atoms with Crippen LogP contribution in [0, 0.1) is 0 Å². The lowest BCUT2D eigenvalue weighted by Crippen LogP contribution is -2.27. The first-order valence-corrected chi connectivity index (χ1v) is 9.26. The minimum absolute atomic E-state index is 0.0187. The SMILES string of the molecule is COc1ccc([C@@H](C)NS(=O)(=O)c2cc(Cl)ccc2OC)cc1OC. The van der Waals surface area contributed by atoms with Crippen LogP contribution in [0.3, 0.4) is 0 Å². The first kappa shape index (κ1) is 19.4. The molecule has 0 amide bonds. The standard InChI is InChI=1S/C17H20ClNO5S/c1-11(12-5-7-14(22-2)16(9-12)24-4)19-25(20,21)17-10-13(18)6-8-15(17)23-3/h5-11,19H,1-4H3/t11-/m1/s1. The zero-order chi connectivity index (χ0) is 18.6. The number of hydrogen-bond donors (Lipinski definition) is 1. The second-order valence-corrected chi connectivity index (χ2v) is 7.37. The third-order valence-corrected chi connectivity index (χ3v) is 5.45. The summed E-state index contributed by atoms with van der Waals surface area (Å²) in [7, 11) is 0.621. The number of ether oxygens (including phenoxy) is 3. The Labute approximate surface area is 152 Å². The van der Waals surface area contributed by atoms with E-state index < -0.39 is 16.1 Å². The lowest BCUT2D eigenvalue weighted by molar-refractivity contribution is 0.354. The summed E-state index contributed by atoms with van der Waals surface area (Å²) < 4.78 is 43.6. The summed E-state index contributed by atoms with van der Waals surface area (Å²) in [5.74, 6) is 1.31. The lowest BCUT2D eigenvalue weighted by Gasteiger charge is -2.18. The van der Waals surface area contributed by atoms with Crippen LogP contribution >= 0.6 is 11.6 Å². The van der Waals surface area contributed by atoms with Crippen LogP contribution in [0.4, 0.5) is 0 Å². The van der Waals surface area contributed by atoms with Crippen LogP contribution < -0.4 is 18.9 Å². The number of methoxy groups -OCH3 is 3. The third kappa shape index (κ3) is 4.36. The molecule has 0 bridgehead atoms. The summed E-state index contributed by atoms with van der Waals surface area (Å²) in [6.07, 6.45) is 0. The summed E-state index contributed by atoms with van der Waals surface area (Å²) in [5.41, 5.74) is 0.724. The van der Waals surface area contributed by atoms with Gasteiger partial charge < -0.3 is 14.2 Å². The van der Waals surface area contributed by atoms with Gasteiger partial charge in [-0.1, -0.05) is 17.7 Å². The molecular formula is C17H20ClNO5S. The molecule has 2 rings (SSSR count). The van der Waals surface area contributed by atoms with Gasteiger partial charge in [-0.3, -0.25) is 0 Å². The van der Waals surface area contributed by atoms with Crippen LogP contribution in [0.5, 0.6) is 17.2 Å². The van der Waals surface area contributed by atoms with E-state index in [2.05, 4.69) is 4.72 Å². The van der Waals surface area contributed by atoms with E-state index in [1.165, 1.54) is 33.5 Å². The van der Waals surface area contributed by atoms with Gasteiger partial charge in [0.2, 0.25) is 10.0 Å². The van der Waals surface area contributed by atoms with Gasteiger partial charge in [0.1, 0.15) is 10.6 Å². The molecule has 0 heterocycles. The van der Waals surface area contributed by atoms with Gasteiger partial charge in [0.05, 0.1) is 21.3 Å². The fraction of sp³-hybridized carbons (Fsp3) is 0.294. The first-order chi connectivity index (χ1) is 11.8. The molecule has 25 heavy (non-hydrogen) atoms. The molecule has 0 fully saturated rings. The Morgan fingerprint density at radius 1 is 0.920 bits per heavy atom. The minimum Gasteiger partial charge on any atom is -0.495 e. The van der Waals surface area contributed by atoms with E-state index in [0.29, 0.717) is 16.5 Å². The summed E-state index contributed by atoms with van der Waals surface area (Å²) >= 11 is 5.93. The molecule has 0 radical (unpaired) electrons. The van der Waals surface area contributed by atoms with Gasteiger partial charge in [0.25, 0.3) is 0 Å². The quantitative estimate of drug-likeness (QED) is 0.790. The Hall–Kier alpha value is -1.96. The second-order valence-electron chi connectivity index (χ2n) is 5.25. The van der Waals surface area contributed by atoms with Gasteiger partial charge in [-0.05, 0) is 42.8 Å². The van der Waals surface area contributed by atoms with Crippen LogP contribution in [-0.4, -0.2) is 29.7 Å². The van der Waals surface area contributed by atoms with Crippen LogP contribution in [0.1, 0.15) is 18.5 Å². The molecule has 0 saturated carbocycles. The molecule has 0 spiro atoms. The van der Waals surface area contributed by atoms with Crippen molar-refractivity contribution in [1.82, 2.24) is 4.72 Å². The van der Waals surface area contributed by atoms with E-state index in [4.69, 9.17) is 25.8 Å². The largest absolute Gasteiger partial charge is 0.495 e. The molecule has 0 saturated heterocycles. The van der Waals surface area contributed by atoms with Gasteiger partial charge >= 0.3 is 0 Å². The molecule has 1 N–H and O–H groups in total. The van der Waals surface area contributed by atoms with Crippen molar-refractivity contribution in [3.05, 3.63) is 47.0 Å². The zero-order valence-corrected chi connectivity index (χ0v) is 15.9. The fourth-order valence-corrected chi connectivity index (χ4v) is 4.01. The molecule has 6 nitrogen and oxygen atoms in total. The van der Waals surface area contributed by atoms with E-state index in [1.807, 2.05) is 0 Å². The molecule has 0 aromatic heterocycles. The highest BCUT2D eigenvalue weighted by molar-refractivity contribution is 7.89. The van der Waals surface area contributed by atoms with Gasteiger partial charge in [-0.2, -0.15) is 0 Å². The third-order valence-electron chi connectivity index (χ3n) is 3.65. The van der Waals surface area contributed by atoms with Crippen LogP contribution in [0.15, 0.2) is 41.3 Å². The minimum atomic E-state index is -3.84. The number of rotatable bonds is 7. The van der Waals surface area contributed by atoms with Crippen molar-refractivity contribution in [1.29, 1.82) is 0 Å². The second kappa shape index (κ2) is 7.95. The highest BCUT2D eigenvalue weighted by Crippen LogP contribution is 2.32. The van der Waals surface area contributed by atoms with Crippen molar-refractivity contribution in [3.8, 4) is 17.2 Å². The van der Waals surface area contributed by atoms with Crippen molar-refractivity contribution in [3.63, 3.8) is 0 Å². The molecular weight excluding hydrogens is 366 g/mol. The maximum absolute atomic E-state index is 12.7. The zero-order valence-electron chi connectivity index (χ0n) is 14.4. The highest BCUT2D eigenvalue weighted by atomic mass is 35.5. The summed E-state index contributed by atoms with van der Waals surface area (Å²) in [6.45, 7) is 1.73. The first-order valence-electron chi connectivity index (χ1n) is 7.40. The molecule has 0 aliphatic heterocycles. The molecule has 136 valence electrons. The number of benzene rings is 2. The Kier molecular flexibility index (Phi) is 6.16. The van der Waals surface area contributed by atoms with E-state index in [-0.39, 0.29) is 10.6 Å². The van der Waals surface area contributed by atoms with Gasteiger partial charge in [-0.25, -0.2) is 13.1 Å². The van der Waals surface area contributed by atoms with Gasteiger partial charge in [0, 0.05) is 11.1 Å². The molecule has 2 aromatic carbocycles. The maximum Gasteiger partial charge on any atom is 0.244 e. The van der Waals surface area contributed by atoms with Crippen LogP contribution in [0.25, 0.3) is 0 Å². The average Bonchev–Trinajstić information content (AvgIpc) is 2.60. The number of hydrogen-bond acceptors (Lipinski definition) is 5. The normalized spacial score (nSPS) is 12.5. The Bertz CT molecular complexity index is 854. The van der Waals surface area contributed by atoms with E-state index >= 15 is 0 Å². The summed E-state index contributed by atoms with van der Waals surface area (Å²) in [6, 6.07) is 9.14. The Morgan fingerprint density at radius 2 is 1.52 bits per heavy atom. The monoisotopic (exact) mass is 385 g/mol. The topological polar surface area (TPSA) is 73.9 Å². The average molecular weight is 386 g/mol. The smallest absolute Gasteiger partial charge is 0.244 e. The summed E-state index contributed by atoms with van der Waals surface area (Å²) in [4.78, 5) is -0.0187. The number of nitrogens with one attached hydrogen (secondary N) is 1. The van der Waals surface area contributed by atoms with Gasteiger partial charge in [-0.15, -0.1) is 0 Å². The van der Waals surface area contributed by atoms with Crippen LogP contribution in [0.2, 0.25) is 5.02 Å². The molecule has 8 heteroatoms. The Balaban J connectivity index is 2.33. The predicted octanol–water partition coefficient (Wildman–Crippen LogP) is 3.41. The highest BCUT2D eigenvalue weighted by Gasteiger charge is 2.23. The number of halogens is 1. The van der Waals surface area contributed by atoms with Crippen LogP contribution in [-0.2, 0) is 10.0 Å².